The molecule has 4 aromatic rings. The number of rotatable bonds is 7. The molecule has 12 heteroatoms. The summed E-state index contributed by atoms with van der Waals surface area (Å²) < 4.78 is 34.1. The zero-order chi connectivity index (χ0) is 26.9. The van der Waals surface area contributed by atoms with Crippen molar-refractivity contribution in [1.29, 1.82) is 0 Å². The van der Waals surface area contributed by atoms with E-state index in [0.29, 0.717) is 38.5 Å². The van der Waals surface area contributed by atoms with Gasteiger partial charge < -0.3 is 4.74 Å². The molecule has 37 heavy (non-hydrogen) atoms. The Morgan fingerprint density at radius 3 is 2.30 bits per heavy atom. The highest BCUT2D eigenvalue weighted by Gasteiger charge is 2.24. The number of carbonyl (C=O) groups excluding carboxylic acids is 2. The number of fused-ring (bicyclic) bond motifs is 1. The molecular formula is C25H20ClN3O7S. The molecule has 4 rings (SSSR count). The summed E-state index contributed by atoms with van der Waals surface area (Å²) in [7, 11) is -2.81. The zero-order valence-corrected chi connectivity index (χ0v) is 21.2. The number of amides is 1. The Bertz CT molecular complexity index is 1640. The third-order valence-electron chi connectivity index (χ3n) is 5.78. The first-order chi connectivity index (χ1) is 17.5. The van der Waals surface area contributed by atoms with Crippen LogP contribution in [0.25, 0.3) is 10.9 Å². The maximum Gasteiger partial charge on any atom is 0.269 e. The maximum absolute atomic E-state index is 13.4. The minimum atomic E-state index is -4.29. The molecular weight excluding hydrogens is 522 g/mol. The van der Waals surface area contributed by atoms with Crippen LogP contribution in [-0.4, -0.2) is 36.8 Å². The van der Waals surface area contributed by atoms with Crippen LogP contribution in [0.2, 0.25) is 5.02 Å². The van der Waals surface area contributed by atoms with Gasteiger partial charge in [-0.25, -0.2) is 13.1 Å². The molecule has 0 aliphatic heterocycles. The lowest BCUT2D eigenvalue weighted by molar-refractivity contribution is -0.384. The van der Waals surface area contributed by atoms with Crippen LogP contribution < -0.4 is 9.46 Å². The van der Waals surface area contributed by atoms with Gasteiger partial charge in [0, 0.05) is 33.8 Å². The summed E-state index contributed by atoms with van der Waals surface area (Å²) in [6.07, 6.45) is -0.359. The van der Waals surface area contributed by atoms with Crippen LogP contribution in [-0.2, 0) is 21.2 Å². The number of sulfonamides is 1. The third-order valence-corrected chi connectivity index (χ3v) is 7.42. The summed E-state index contributed by atoms with van der Waals surface area (Å²) in [4.78, 5) is 36.1. The normalized spacial score (nSPS) is 11.3. The average Bonchev–Trinajstić information content (AvgIpc) is 3.13. The van der Waals surface area contributed by atoms with Gasteiger partial charge in [0.2, 0.25) is 5.91 Å². The number of methoxy groups -OCH3 is 1. The standard InChI is InChI=1S/C25H20ClN3O7S/c1-15-21(14-24(30)27-37(34,35)20-10-7-18(8-11-20)29(32)33)22-13-19(36-2)9-12-23(22)28(15)25(31)16-3-5-17(26)6-4-16/h3-13H,14H2,1-2H3,(H,27,30). The van der Waals surface area contributed by atoms with Crippen LogP contribution in [0.4, 0.5) is 5.69 Å². The lowest BCUT2D eigenvalue weighted by Crippen LogP contribution is -2.32. The van der Waals surface area contributed by atoms with Crippen LogP contribution in [0.5, 0.6) is 5.75 Å². The highest BCUT2D eigenvalue weighted by Crippen LogP contribution is 2.31. The number of halogens is 1. The molecule has 0 aliphatic carbocycles. The number of nitro benzene ring substituents is 1. The number of aromatic nitrogens is 1. The van der Waals surface area contributed by atoms with E-state index in [1.54, 1.807) is 49.4 Å². The lowest BCUT2D eigenvalue weighted by atomic mass is 10.1. The van der Waals surface area contributed by atoms with E-state index in [2.05, 4.69) is 0 Å². The third kappa shape index (κ3) is 5.18. The number of ether oxygens (including phenoxy) is 1. The van der Waals surface area contributed by atoms with E-state index in [1.807, 2.05) is 4.72 Å². The highest BCUT2D eigenvalue weighted by molar-refractivity contribution is 7.90. The number of hydrogen-bond acceptors (Lipinski definition) is 7. The van der Waals surface area contributed by atoms with Gasteiger partial charge in [-0.1, -0.05) is 11.6 Å². The molecule has 1 aromatic heterocycles. The number of benzene rings is 3. The summed E-state index contributed by atoms with van der Waals surface area (Å²) in [6, 6.07) is 15.5. The Kier molecular flexibility index (Phi) is 7.01. The number of non-ortho nitro benzene ring substituents is 1. The first kappa shape index (κ1) is 25.9. The quantitative estimate of drug-likeness (QED) is 0.272. The molecule has 190 valence electrons. The molecule has 0 unspecified atom stereocenters. The van der Waals surface area contributed by atoms with Crippen molar-refractivity contribution < 1.29 is 27.7 Å². The summed E-state index contributed by atoms with van der Waals surface area (Å²) >= 11 is 5.95. The highest BCUT2D eigenvalue weighted by atomic mass is 35.5. The van der Waals surface area contributed by atoms with Crippen LogP contribution in [0, 0.1) is 17.0 Å². The summed E-state index contributed by atoms with van der Waals surface area (Å²) in [5.74, 6) is -0.708. The molecule has 1 amide bonds. The van der Waals surface area contributed by atoms with Crippen molar-refractivity contribution in [3.05, 3.63) is 98.7 Å². The number of nitro groups is 1. The lowest BCUT2D eigenvalue weighted by Gasteiger charge is -2.09. The van der Waals surface area contributed by atoms with E-state index in [1.165, 1.54) is 11.7 Å². The van der Waals surface area contributed by atoms with E-state index in [4.69, 9.17) is 16.3 Å². The number of nitrogens with zero attached hydrogens (tertiary/aromatic N) is 2. The van der Waals surface area contributed by atoms with E-state index in [9.17, 15) is 28.1 Å². The molecule has 1 N–H and O–H groups in total. The Balaban J connectivity index is 1.70. The summed E-state index contributed by atoms with van der Waals surface area (Å²) in [6.45, 7) is 1.66. The molecule has 0 saturated heterocycles. The SMILES string of the molecule is COc1ccc2c(c1)c(CC(=O)NS(=O)(=O)c1ccc([N+](=O)[O-])cc1)c(C)n2C(=O)c1ccc(Cl)cc1. The Morgan fingerprint density at radius 1 is 1.05 bits per heavy atom. The molecule has 0 aliphatic rings. The monoisotopic (exact) mass is 541 g/mol. The van der Waals surface area contributed by atoms with Gasteiger partial charge >= 0.3 is 0 Å². The second kappa shape index (κ2) is 10.0. The second-order valence-electron chi connectivity index (χ2n) is 8.05. The molecule has 0 bridgehead atoms. The number of carbonyl (C=O) groups is 2. The van der Waals surface area contributed by atoms with Gasteiger partial charge in [0.25, 0.3) is 21.6 Å². The molecule has 10 nitrogen and oxygen atoms in total. The van der Waals surface area contributed by atoms with Gasteiger partial charge in [-0.2, -0.15) is 0 Å². The fraction of sp³-hybridized carbons (Fsp3) is 0.120. The predicted octanol–water partition coefficient (Wildman–Crippen LogP) is 4.26. The number of nitrogens with one attached hydrogen (secondary N) is 1. The fourth-order valence-corrected chi connectivity index (χ4v) is 5.06. The van der Waals surface area contributed by atoms with E-state index < -0.39 is 20.9 Å². The van der Waals surface area contributed by atoms with Crippen LogP contribution in [0.15, 0.2) is 71.6 Å². The van der Waals surface area contributed by atoms with Gasteiger partial charge in [-0.3, -0.25) is 24.3 Å². The molecule has 0 spiro atoms. The van der Waals surface area contributed by atoms with E-state index in [0.717, 1.165) is 24.3 Å². The fourth-order valence-electron chi connectivity index (χ4n) is 3.95. The predicted molar refractivity (Wildman–Crippen MR) is 137 cm³/mol. The Hall–Kier alpha value is -4.22. The van der Waals surface area contributed by atoms with Gasteiger partial charge in [0.05, 0.1) is 28.9 Å². The Morgan fingerprint density at radius 2 is 1.70 bits per heavy atom. The van der Waals surface area contributed by atoms with Gasteiger partial charge in [0.1, 0.15) is 5.75 Å². The largest absolute Gasteiger partial charge is 0.497 e. The minimum Gasteiger partial charge on any atom is -0.497 e. The van der Waals surface area contributed by atoms with E-state index >= 15 is 0 Å². The first-order valence-corrected chi connectivity index (χ1v) is 12.7. The molecule has 0 radical (unpaired) electrons. The van der Waals surface area contributed by atoms with Crippen molar-refractivity contribution >= 4 is 50.0 Å². The molecule has 0 atom stereocenters. The van der Waals surface area contributed by atoms with Crippen molar-refractivity contribution in [1.82, 2.24) is 9.29 Å². The molecule has 1 heterocycles. The van der Waals surface area contributed by atoms with Crippen LogP contribution >= 0.6 is 11.6 Å². The second-order valence-corrected chi connectivity index (χ2v) is 10.2. The number of hydrogen-bond donors (Lipinski definition) is 1. The zero-order valence-electron chi connectivity index (χ0n) is 19.6. The van der Waals surface area contributed by atoms with Crippen LogP contribution in [0.1, 0.15) is 21.6 Å². The molecule has 3 aromatic carbocycles. The smallest absolute Gasteiger partial charge is 0.269 e. The average molecular weight is 542 g/mol. The van der Waals surface area contributed by atoms with Gasteiger partial charge in [-0.05, 0) is 67.1 Å². The molecule has 0 saturated carbocycles. The van der Waals surface area contributed by atoms with Crippen molar-refractivity contribution in [2.75, 3.05) is 7.11 Å². The topological polar surface area (TPSA) is 138 Å². The van der Waals surface area contributed by atoms with Crippen LogP contribution in [0.3, 0.4) is 0 Å². The van der Waals surface area contributed by atoms with Crippen molar-refractivity contribution in [2.24, 2.45) is 0 Å². The first-order valence-electron chi connectivity index (χ1n) is 10.8. The molecule has 0 fully saturated rings. The summed E-state index contributed by atoms with van der Waals surface area (Å²) in [5, 5.41) is 11.8. The maximum atomic E-state index is 13.4. The van der Waals surface area contributed by atoms with Gasteiger partial charge in [-0.15, -0.1) is 0 Å². The van der Waals surface area contributed by atoms with Crippen molar-refractivity contribution in [3.63, 3.8) is 0 Å². The van der Waals surface area contributed by atoms with Crippen molar-refractivity contribution in [3.8, 4) is 5.75 Å². The minimum absolute atomic E-state index is 0.284. The van der Waals surface area contributed by atoms with Gasteiger partial charge in [0.15, 0.2) is 0 Å². The van der Waals surface area contributed by atoms with E-state index in [-0.39, 0.29) is 22.9 Å². The van der Waals surface area contributed by atoms with Crippen molar-refractivity contribution in [2.45, 2.75) is 18.2 Å². The summed E-state index contributed by atoms with van der Waals surface area (Å²) in [5.41, 5.74) is 1.49. The Labute approximate surface area is 216 Å².